The topological polar surface area (TPSA) is 38.0 Å². The summed E-state index contributed by atoms with van der Waals surface area (Å²) in [6.07, 6.45) is 0. The maximum Gasteiger partial charge on any atom is 0.183 e. The van der Waals surface area contributed by atoms with Crippen molar-refractivity contribution in [2.45, 2.75) is 13.5 Å². The van der Waals surface area contributed by atoms with Crippen LogP contribution in [0.3, 0.4) is 0 Å². The van der Waals surface area contributed by atoms with Gasteiger partial charge in [0.15, 0.2) is 11.6 Å². The number of hydrogen-bond donors (Lipinski definition) is 2. The van der Waals surface area contributed by atoms with Gasteiger partial charge in [0.1, 0.15) is 0 Å². The Bertz CT molecular complexity index is 550. The minimum atomic E-state index is -0.942. The highest BCUT2D eigenvalue weighted by Crippen LogP contribution is 2.25. The van der Waals surface area contributed by atoms with E-state index in [4.69, 9.17) is 5.73 Å². The molecule has 0 saturated heterocycles. The molecule has 2 nitrogen and oxygen atoms in total. The molecular weight excluding hydrogens is 234 g/mol. The van der Waals surface area contributed by atoms with Gasteiger partial charge in [-0.25, -0.2) is 8.78 Å². The molecule has 2 aromatic rings. The maximum atomic E-state index is 13.5. The van der Waals surface area contributed by atoms with Crippen molar-refractivity contribution in [3.8, 4) is 0 Å². The van der Waals surface area contributed by atoms with E-state index < -0.39 is 11.6 Å². The van der Waals surface area contributed by atoms with Gasteiger partial charge < -0.3 is 11.1 Å². The van der Waals surface area contributed by atoms with Gasteiger partial charge in [-0.05, 0) is 24.6 Å². The summed E-state index contributed by atoms with van der Waals surface area (Å²) in [6.45, 7) is 2.38. The van der Waals surface area contributed by atoms with Crippen molar-refractivity contribution in [3.05, 3.63) is 59.2 Å². The van der Waals surface area contributed by atoms with Crippen molar-refractivity contribution in [1.29, 1.82) is 0 Å². The molecule has 2 rings (SSSR count). The van der Waals surface area contributed by atoms with Gasteiger partial charge >= 0.3 is 0 Å². The zero-order chi connectivity index (χ0) is 13.1. The van der Waals surface area contributed by atoms with Crippen LogP contribution in [0.25, 0.3) is 0 Å². The fourth-order valence-electron chi connectivity index (χ4n) is 1.64. The first-order chi connectivity index (χ1) is 8.58. The Kier molecular flexibility index (Phi) is 3.46. The molecule has 0 spiro atoms. The third kappa shape index (κ3) is 2.59. The van der Waals surface area contributed by atoms with Crippen LogP contribution in [-0.4, -0.2) is 0 Å². The second kappa shape index (κ2) is 5.04. The Balaban J connectivity index is 2.15. The van der Waals surface area contributed by atoms with E-state index in [1.165, 1.54) is 6.07 Å². The van der Waals surface area contributed by atoms with Crippen LogP contribution in [-0.2, 0) is 6.54 Å². The fraction of sp³-hybridized carbons (Fsp3) is 0.143. The van der Waals surface area contributed by atoms with Gasteiger partial charge in [0.25, 0.3) is 0 Å². The van der Waals surface area contributed by atoms with Gasteiger partial charge in [-0.15, -0.1) is 0 Å². The van der Waals surface area contributed by atoms with Crippen LogP contribution >= 0.6 is 0 Å². The number of nitrogen functional groups attached to an aromatic ring is 1. The molecule has 0 saturated carbocycles. The minimum Gasteiger partial charge on any atom is -0.397 e. The van der Waals surface area contributed by atoms with E-state index in [2.05, 4.69) is 5.32 Å². The summed E-state index contributed by atoms with van der Waals surface area (Å²) >= 11 is 0. The van der Waals surface area contributed by atoms with Crippen LogP contribution < -0.4 is 11.1 Å². The normalized spacial score (nSPS) is 10.4. The van der Waals surface area contributed by atoms with Crippen molar-refractivity contribution in [2.75, 3.05) is 11.1 Å². The van der Waals surface area contributed by atoms with E-state index in [-0.39, 0.29) is 11.4 Å². The molecule has 0 aliphatic heterocycles. The molecule has 0 radical (unpaired) electrons. The molecule has 0 unspecified atom stereocenters. The lowest BCUT2D eigenvalue weighted by molar-refractivity contribution is 0.511. The Morgan fingerprint density at radius 3 is 2.39 bits per heavy atom. The highest BCUT2D eigenvalue weighted by Gasteiger charge is 2.11. The molecule has 0 fully saturated rings. The Morgan fingerprint density at radius 1 is 1.06 bits per heavy atom. The summed E-state index contributed by atoms with van der Waals surface area (Å²) in [5.41, 5.74) is 7.94. The smallest absolute Gasteiger partial charge is 0.183 e. The summed E-state index contributed by atoms with van der Waals surface area (Å²) < 4.78 is 26.6. The van der Waals surface area contributed by atoms with Crippen molar-refractivity contribution in [2.24, 2.45) is 0 Å². The number of nitrogens with one attached hydrogen (secondary N) is 1. The van der Waals surface area contributed by atoms with Gasteiger partial charge in [-0.1, -0.05) is 29.8 Å². The van der Waals surface area contributed by atoms with E-state index in [9.17, 15) is 8.78 Å². The molecule has 94 valence electrons. The Labute approximate surface area is 104 Å². The largest absolute Gasteiger partial charge is 0.397 e. The molecule has 0 atom stereocenters. The van der Waals surface area contributed by atoms with E-state index in [1.807, 2.05) is 31.2 Å². The lowest BCUT2D eigenvalue weighted by Crippen LogP contribution is -2.06. The molecule has 0 amide bonds. The summed E-state index contributed by atoms with van der Waals surface area (Å²) in [7, 11) is 0. The van der Waals surface area contributed by atoms with Crippen molar-refractivity contribution < 1.29 is 8.78 Å². The number of benzene rings is 2. The highest BCUT2D eigenvalue weighted by molar-refractivity contribution is 5.66. The quantitative estimate of drug-likeness (QED) is 0.816. The fourth-order valence-corrected chi connectivity index (χ4v) is 1.64. The molecule has 0 bridgehead atoms. The molecule has 2 aromatic carbocycles. The van der Waals surface area contributed by atoms with Crippen molar-refractivity contribution >= 4 is 11.4 Å². The first-order valence-corrected chi connectivity index (χ1v) is 5.61. The predicted octanol–water partition coefficient (Wildman–Crippen LogP) is 3.47. The molecule has 3 N–H and O–H groups in total. The Morgan fingerprint density at radius 2 is 1.72 bits per heavy atom. The van der Waals surface area contributed by atoms with E-state index in [0.717, 1.165) is 17.2 Å². The van der Waals surface area contributed by atoms with Crippen LogP contribution in [0.5, 0.6) is 0 Å². The van der Waals surface area contributed by atoms with Gasteiger partial charge in [0.05, 0.1) is 11.4 Å². The molecule has 0 aliphatic carbocycles. The van der Waals surface area contributed by atoms with Gasteiger partial charge in [0, 0.05) is 6.54 Å². The van der Waals surface area contributed by atoms with E-state index >= 15 is 0 Å². The first-order valence-electron chi connectivity index (χ1n) is 5.61. The van der Waals surface area contributed by atoms with E-state index in [1.54, 1.807) is 0 Å². The Hall–Kier alpha value is -2.10. The summed E-state index contributed by atoms with van der Waals surface area (Å²) in [4.78, 5) is 0. The number of anilines is 2. The second-order valence-electron chi connectivity index (χ2n) is 4.16. The second-order valence-corrected chi connectivity index (χ2v) is 4.16. The zero-order valence-electron chi connectivity index (χ0n) is 10.0. The SMILES string of the molecule is Cc1ccc(CNc2c(N)ccc(F)c2F)cc1. The van der Waals surface area contributed by atoms with Gasteiger partial charge in [-0.3, -0.25) is 0 Å². The summed E-state index contributed by atoms with van der Waals surface area (Å²) in [5, 5.41) is 2.82. The molecule has 0 aliphatic rings. The molecular formula is C14H14F2N2. The molecule has 0 heterocycles. The lowest BCUT2D eigenvalue weighted by Gasteiger charge is -2.11. The van der Waals surface area contributed by atoms with Crippen LogP contribution in [0.15, 0.2) is 36.4 Å². The summed E-state index contributed by atoms with van der Waals surface area (Å²) in [6, 6.07) is 10.1. The van der Waals surface area contributed by atoms with Crippen LogP contribution in [0.4, 0.5) is 20.2 Å². The predicted molar refractivity (Wildman–Crippen MR) is 69.3 cm³/mol. The molecule has 4 heteroatoms. The average Bonchev–Trinajstić information content (AvgIpc) is 2.36. The van der Waals surface area contributed by atoms with Crippen molar-refractivity contribution in [1.82, 2.24) is 0 Å². The van der Waals surface area contributed by atoms with Crippen molar-refractivity contribution in [3.63, 3.8) is 0 Å². The highest BCUT2D eigenvalue weighted by atomic mass is 19.2. The lowest BCUT2D eigenvalue weighted by atomic mass is 10.1. The number of rotatable bonds is 3. The first kappa shape index (κ1) is 12.4. The number of hydrogen-bond acceptors (Lipinski definition) is 2. The standard InChI is InChI=1S/C14H14F2N2/c1-9-2-4-10(5-3-9)8-18-14-12(17)7-6-11(15)13(14)16/h2-7,18H,8,17H2,1H3. The van der Waals surface area contributed by atoms with E-state index in [0.29, 0.717) is 6.54 Å². The maximum absolute atomic E-state index is 13.5. The third-order valence-electron chi connectivity index (χ3n) is 2.72. The van der Waals surface area contributed by atoms with Crippen LogP contribution in [0.1, 0.15) is 11.1 Å². The minimum absolute atomic E-state index is 0.00979. The average molecular weight is 248 g/mol. The van der Waals surface area contributed by atoms with Gasteiger partial charge in [-0.2, -0.15) is 0 Å². The zero-order valence-corrected chi connectivity index (χ0v) is 10.0. The molecule has 18 heavy (non-hydrogen) atoms. The molecule has 0 aromatic heterocycles. The summed E-state index contributed by atoms with van der Waals surface area (Å²) in [5.74, 6) is -1.85. The number of aryl methyl sites for hydroxylation is 1. The third-order valence-corrected chi connectivity index (χ3v) is 2.72. The number of nitrogens with two attached hydrogens (primary N) is 1. The van der Waals surface area contributed by atoms with Crippen LogP contribution in [0.2, 0.25) is 0 Å². The number of halogens is 2. The monoisotopic (exact) mass is 248 g/mol. The van der Waals surface area contributed by atoms with Gasteiger partial charge in [0.2, 0.25) is 0 Å². The van der Waals surface area contributed by atoms with Crippen LogP contribution in [0, 0.1) is 18.6 Å².